The first-order valence-electron chi connectivity index (χ1n) is 4.98. The van der Waals surface area contributed by atoms with Gasteiger partial charge >= 0.3 is 0 Å². The van der Waals surface area contributed by atoms with Crippen LogP contribution >= 0.6 is 0 Å². The first kappa shape index (κ1) is 12.4. The number of unbranched alkanes of at least 4 members (excludes halogenated alkanes) is 1. The number of nitrogens with one attached hydrogen (secondary N) is 1. The highest BCUT2D eigenvalue weighted by Crippen LogP contribution is 2.17. The van der Waals surface area contributed by atoms with E-state index in [-0.39, 0.29) is 11.3 Å². The molecule has 0 radical (unpaired) electrons. The summed E-state index contributed by atoms with van der Waals surface area (Å²) in [5.41, 5.74) is 5.46. The Morgan fingerprint density at radius 2 is 2.08 bits per heavy atom. The summed E-state index contributed by atoms with van der Waals surface area (Å²) in [7, 11) is 0. The van der Waals surface area contributed by atoms with Gasteiger partial charge in [-0.2, -0.15) is 0 Å². The van der Waals surface area contributed by atoms with Crippen LogP contribution < -0.4 is 11.1 Å². The molecule has 0 atom stereocenters. The van der Waals surface area contributed by atoms with Crippen molar-refractivity contribution in [1.82, 2.24) is 5.32 Å². The van der Waals surface area contributed by atoms with Gasteiger partial charge < -0.3 is 11.1 Å². The molecule has 0 aliphatic carbocycles. The van der Waals surface area contributed by atoms with Gasteiger partial charge in [0.25, 0.3) is 0 Å². The maximum Gasteiger partial charge on any atom is 0.220 e. The first-order chi connectivity index (χ1) is 6.02. The van der Waals surface area contributed by atoms with E-state index in [9.17, 15) is 4.79 Å². The Balaban J connectivity index is 3.62. The minimum Gasteiger partial charge on any atom is -0.356 e. The maximum atomic E-state index is 11.3. The topological polar surface area (TPSA) is 55.1 Å². The van der Waals surface area contributed by atoms with E-state index < -0.39 is 0 Å². The number of amides is 1. The second kappa shape index (κ2) is 5.97. The molecule has 3 heteroatoms. The number of hydrogen-bond acceptors (Lipinski definition) is 2. The Morgan fingerprint density at radius 1 is 1.46 bits per heavy atom. The smallest absolute Gasteiger partial charge is 0.220 e. The summed E-state index contributed by atoms with van der Waals surface area (Å²) in [6.45, 7) is 7.46. The van der Waals surface area contributed by atoms with Gasteiger partial charge in [0, 0.05) is 13.0 Å². The number of nitrogens with two attached hydrogens (primary N) is 1. The molecule has 0 saturated carbocycles. The van der Waals surface area contributed by atoms with E-state index in [1.165, 1.54) is 0 Å². The summed E-state index contributed by atoms with van der Waals surface area (Å²) in [6.07, 6.45) is 2.68. The van der Waals surface area contributed by atoms with Gasteiger partial charge in [0.15, 0.2) is 0 Å². The summed E-state index contributed by atoms with van der Waals surface area (Å²) < 4.78 is 0. The fraction of sp³-hybridized carbons (Fsp3) is 0.900. The van der Waals surface area contributed by atoms with Crippen LogP contribution in [0.3, 0.4) is 0 Å². The summed E-state index contributed by atoms with van der Waals surface area (Å²) in [4.78, 5) is 11.3. The van der Waals surface area contributed by atoms with Crippen molar-refractivity contribution in [3.8, 4) is 0 Å². The van der Waals surface area contributed by atoms with Crippen molar-refractivity contribution in [1.29, 1.82) is 0 Å². The lowest BCUT2D eigenvalue weighted by Crippen LogP contribution is -2.33. The number of carbonyl (C=O) groups excluding carboxylic acids is 1. The zero-order valence-corrected chi connectivity index (χ0v) is 9.02. The highest BCUT2D eigenvalue weighted by molar-refractivity contribution is 5.76. The van der Waals surface area contributed by atoms with Crippen molar-refractivity contribution in [3.05, 3.63) is 0 Å². The molecule has 0 bridgehead atoms. The summed E-state index contributed by atoms with van der Waals surface area (Å²) >= 11 is 0. The van der Waals surface area contributed by atoms with Crippen LogP contribution in [-0.4, -0.2) is 19.0 Å². The Morgan fingerprint density at radius 3 is 2.54 bits per heavy atom. The maximum absolute atomic E-state index is 11.3. The summed E-state index contributed by atoms with van der Waals surface area (Å²) in [5, 5.41) is 2.88. The molecule has 3 nitrogen and oxygen atoms in total. The molecule has 0 aromatic heterocycles. The highest BCUT2D eigenvalue weighted by atomic mass is 16.1. The third-order valence-electron chi connectivity index (χ3n) is 2.04. The zero-order valence-electron chi connectivity index (χ0n) is 9.02. The van der Waals surface area contributed by atoms with Crippen LogP contribution in [0.4, 0.5) is 0 Å². The van der Waals surface area contributed by atoms with Crippen LogP contribution in [0.25, 0.3) is 0 Å². The second-order valence-corrected chi connectivity index (χ2v) is 4.25. The Bertz CT molecular complexity index is 155. The van der Waals surface area contributed by atoms with E-state index >= 15 is 0 Å². The molecule has 0 aromatic rings. The number of hydrogen-bond donors (Lipinski definition) is 2. The van der Waals surface area contributed by atoms with Gasteiger partial charge in [-0.25, -0.2) is 0 Å². The molecular formula is C10H22N2O. The first-order valence-corrected chi connectivity index (χ1v) is 4.98. The van der Waals surface area contributed by atoms with E-state index in [1.807, 2.05) is 13.8 Å². The average Bonchev–Trinajstić information content (AvgIpc) is 2.04. The average molecular weight is 186 g/mol. The van der Waals surface area contributed by atoms with Crippen molar-refractivity contribution in [2.45, 2.75) is 40.0 Å². The minimum absolute atomic E-state index is 0.0731. The van der Waals surface area contributed by atoms with Gasteiger partial charge in [0.1, 0.15) is 0 Å². The van der Waals surface area contributed by atoms with Crippen molar-refractivity contribution in [2.24, 2.45) is 11.1 Å². The van der Waals surface area contributed by atoms with Crippen LogP contribution in [-0.2, 0) is 4.79 Å². The van der Waals surface area contributed by atoms with E-state index in [4.69, 9.17) is 5.73 Å². The number of carbonyl (C=O) groups is 1. The van der Waals surface area contributed by atoms with E-state index in [0.29, 0.717) is 13.0 Å². The molecule has 3 N–H and O–H groups in total. The monoisotopic (exact) mass is 186 g/mol. The second-order valence-electron chi connectivity index (χ2n) is 4.25. The molecule has 0 aliphatic rings. The Kier molecular flexibility index (Phi) is 5.71. The SMILES string of the molecule is CCCCNC(=O)CC(C)(C)CN. The van der Waals surface area contributed by atoms with Crippen molar-refractivity contribution in [3.63, 3.8) is 0 Å². The zero-order chi connectivity index (χ0) is 10.3. The lowest BCUT2D eigenvalue weighted by molar-refractivity contribution is -0.122. The largest absolute Gasteiger partial charge is 0.356 e. The van der Waals surface area contributed by atoms with Gasteiger partial charge in [0.2, 0.25) is 5.91 Å². The third-order valence-corrected chi connectivity index (χ3v) is 2.04. The van der Waals surface area contributed by atoms with E-state index in [1.54, 1.807) is 0 Å². The van der Waals surface area contributed by atoms with Crippen LogP contribution in [0.15, 0.2) is 0 Å². The molecule has 0 aromatic carbocycles. The molecule has 0 rings (SSSR count). The van der Waals surface area contributed by atoms with Crippen LogP contribution in [0.5, 0.6) is 0 Å². The van der Waals surface area contributed by atoms with Gasteiger partial charge in [-0.15, -0.1) is 0 Å². The molecule has 0 fully saturated rings. The summed E-state index contributed by atoms with van der Waals surface area (Å²) in [5.74, 6) is 0.115. The van der Waals surface area contributed by atoms with Gasteiger partial charge in [-0.05, 0) is 18.4 Å². The molecule has 0 unspecified atom stereocenters. The predicted octanol–water partition coefficient (Wildman–Crippen LogP) is 1.28. The number of rotatable bonds is 6. The lowest BCUT2D eigenvalue weighted by Gasteiger charge is -2.21. The normalized spacial score (nSPS) is 11.4. The van der Waals surface area contributed by atoms with Crippen LogP contribution in [0, 0.1) is 5.41 Å². The minimum atomic E-state index is -0.0731. The van der Waals surface area contributed by atoms with E-state index in [0.717, 1.165) is 19.4 Å². The van der Waals surface area contributed by atoms with Crippen molar-refractivity contribution in [2.75, 3.05) is 13.1 Å². The van der Waals surface area contributed by atoms with Gasteiger partial charge in [0.05, 0.1) is 0 Å². The Labute approximate surface area is 81.1 Å². The molecular weight excluding hydrogens is 164 g/mol. The quantitative estimate of drug-likeness (QED) is 0.614. The molecule has 13 heavy (non-hydrogen) atoms. The fourth-order valence-electron chi connectivity index (χ4n) is 0.974. The lowest BCUT2D eigenvalue weighted by atomic mass is 9.89. The standard InChI is InChI=1S/C10H22N2O/c1-4-5-6-12-9(13)7-10(2,3)8-11/h4-8,11H2,1-3H3,(H,12,13). The van der Waals surface area contributed by atoms with Crippen molar-refractivity contribution >= 4 is 5.91 Å². The van der Waals surface area contributed by atoms with Crippen molar-refractivity contribution < 1.29 is 4.79 Å². The molecule has 78 valence electrons. The molecule has 0 saturated heterocycles. The fourth-order valence-corrected chi connectivity index (χ4v) is 0.974. The third kappa shape index (κ3) is 6.58. The molecule has 1 amide bonds. The van der Waals surface area contributed by atoms with Gasteiger partial charge in [-0.1, -0.05) is 27.2 Å². The molecule has 0 heterocycles. The van der Waals surface area contributed by atoms with Crippen LogP contribution in [0.2, 0.25) is 0 Å². The molecule has 0 spiro atoms. The Hall–Kier alpha value is -0.570. The van der Waals surface area contributed by atoms with E-state index in [2.05, 4.69) is 12.2 Å². The highest BCUT2D eigenvalue weighted by Gasteiger charge is 2.19. The summed E-state index contributed by atoms with van der Waals surface area (Å²) in [6, 6.07) is 0. The van der Waals surface area contributed by atoms with Gasteiger partial charge in [-0.3, -0.25) is 4.79 Å². The predicted molar refractivity (Wildman–Crippen MR) is 55.4 cm³/mol. The van der Waals surface area contributed by atoms with Crippen LogP contribution in [0.1, 0.15) is 40.0 Å². The molecule has 0 aliphatic heterocycles.